The molecule has 0 aliphatic rings. The van der Waals surface area contributed by atoms with Crippen molar-refractivity contribution < 1.29 is 5.11 Å². The van der Waals surface area contributed by atoms with Crippen LogP contribution < -0.4 is 0 Å². The van der Waals surface area contributed by atoms with E-state index in [0.29, 0.717) is 11.6 Å². The summed E-state index contributed by atoms with van der Waals surface area (Å²) in [7, 11) is 0. The molecule has 112 valence electrons. The zero-order valence-electron chi connectivity index (χ0n) is 11.7. The lowest BCUT2D eigenvalue weighted by Gasteiger charge is -2.05. The minimum absolute atomic E-state index is 0.0445. The van der Waals surface area contributed by atoms with Crippen molar-refractivity contribution in [1.29, 1.82) is 0 Å². The first kappa shape index (κ1) is 15.3. The van der Waals surface area contributed by atoms with Gasteiger partial charge in [-0.15, -0.1) is 0 Å². The summed E-state index contributed by atoms with van der Waals surface area (Å²) in [6.45, 7) is 0.556. The number of hydrogen-bond donors (Lipinski definition) is 1. The fourth-order valence-corrected chi connectivity index (χ4v) is 2.63. The van der Waals surface area contributed by atoms with Crippen LogP contribution in [0, 0.1) is 0 Å². The molecular formula is C17H14BrClN2O. The van der Waals surface area contributed by atoms with Gasteiger partial charge in [-0.1, -0.05) is 51.8 Å². The van der Waals surface area contributed by atoms with Crippen molar-refractivity contribution >= 4 is 27.5 Å². The minimum atomic E-state index is -0.0445. The van der Waals surface area contributed by atoms with E-state index in [2.05, 4.69) is 21.0 Å². The molecule has 0 amide bonds. The Bertz CT molecular complexity index is 766. The van der Waals surface area contributed by atoms with Crippen LogP contribution in [-0.2, 0) is 13.2 Å². The Balaban J connectivity index is 1.91. The summed E-state index contributed by atoms with van der Waals surface area (Å²) in [6.07, 6.45) is 0. The molecule has 1 heterocycles. The molecule has 3 rings (SSSR count). The van der Waals surface area contributed by atoms with Crippen LogP contribution in [0.15, 0.2) is 59.1 Å². The summed E-state index contributed by atoms with van der Waals surface area (Å²) in [5.74, 6) is 0. The van der Waals surface area contributed by atoms with E-state index >= 15 is 0 Å². The molecule has 0 aliphatic heterocycles. The molecule has 0 aliphatic carbocycles. The Hall–Kier alpha value is -1.62. The van der Waals surface area contributed by atoms with Crippen LogP contribution in [0.4, 0.5) is 0 Å². The summed E-state index contributed by atoms with van der Waals surface area (Å²) in [6, 6.07) is 17.5. The molecule has 0 saturated carbocycles. The van der Waals surface area contributed by atoms with Crippen LogP contribution in [0.5, 0.6) is 0 Å². The Morgan fingerprint density at radius 2 is 1.73 bits per heavy atom. The van der Waals surface area contributed by atoms with Crippen LogP contribution >= 0.6 is 27.5 Å². The zero-order chi connectivity index (χ0) is 15.5. The quantitative estimate of drug-likeness (QED) is 0.726. The number of hydrogen-bond acceptors (Lipinski definition) is 2. The maximum absolute atomic E-state index is 9.56. The van der Waals surface area contributed by atoms with Crippen LogP contribution in [0.25, 0.3) is 11.3 Å². The normalized spacial score (nSPS) is 10.9. The molecule has 1 N–H and O–H groups in total. The molecule has 3 nitrogen and oxygen atoms in total. The second kappa shape index (κ2) is 6.65. The highest BCUT2D eigenvalue weighted by Gasteiger charge is 2.09. The summed E-state index contributed by atoms with van der Waals surface area (Å²) >= 11 is 9.33. The van der Waals surface area contributed by atoms with Gasteiger partial charge in [0.2, 0.25) is 0 Å². The Labute approximate surface area is 142 Å². The average Bonchev–Trinajstić information content (AvgIpc) is 2.93. The Morgan fingerprint density at radius 3 is 2.36 bits per heavy atom. The highest BCUT2D eigenvalue weighted by Crippen LogP contribution is 2.22. The number of aliphatic hydroxyl groups excluding tert-OH is 1. The molecular weight excluding hydrogens is 364 g/mol. The van der Waals surface area contributed by atoms with Gasteiger partial charge in [0.05, 0.1) is 24.5 Å². The predicted octanol–water partition coefficient (Wildman–Crippen LogP) is 4.51. The van der Waals surface area contributed by atoms with Crippen molar-refractivity contribution in [2.24, 2.45) is 0 Å². The standard InChI is InChI=1S/C17H14BrClN2O/c18-14-5-3-13(4-6-14)17-9-16(11-22)21(20-17)10-12-1-7-15(19)8-2-12/h1-9,22H,10-11H2. The lowest BCUT2D eigenvalue weighted by atomic mass is 10.1. The van der Waals surface area contributed by atoms with Crippen LogP contribution in [0.3, 0.4) is 0 Å². The zero-order valence-corrected chi connectivity index (χ0v) is 14.0. The van der Waals surface area contributed by atoms with Crippen LogP contribution in [0.1, 0.15) is 11.3 Å². The molecule has 0 unspecified atom stereocenters. The van der Waals surface area contributed by atoms with E-state index in [4.69, 9.17) is 11.6 Å². The van der Waals surface area contributed by atoms with Crippen molar-refractivity contribution in [3.8, 4) is 11.3 Å². The largest absolute Gasteiger partial charge is 0.390 e. The first-order valence-corrected chi connectivity index (χ1v) is 8.01. The predicted molar refractivity (Wildman–Crippen MR) is 91.8 cm³/mol. The van der Waals surface area contributed by atoms with Crippen molar-refractivity contribution in [2.75, 3.05) is 0 Å². The van der Waals surface area contributed by atoms with Crippen molar-refractivity contribution in [3.63, 3.8) is 0 Å². The van der Waals surface area contributed by atoms with Crippen molar-refractivity contribution in [3.05, 3.63) is 75.4 Å². The smallest absolute Gasteiger partial charge is 0.0927 e. The molecule has 5 heteroatoms. The molecule has 0 saturated heterocycles. The topological polar surface area (TPSA) is 38.1 Å². The number of aromatic nitrogens is 2. The molecule has 2 aromatic carbocycles. The maximum atomic E-state index is 9.56. The van der Waals surface area contributed by atoms with Gasteiger partial charge in [0, 0.05) is 15.1 Å². The number of rotatable bonds is 4. The molecule has 3 aromatic rings. The number of nitrogens with zero attached hydrogens (tertiary/aromatic N) is 2. The van der Waals surface area contributed by atoms with Gasteiger partial charge in [0.15, 0.2) is 0 Å². The maximum Gasteiger partial charge on any atom is 0.0927 e. The number of halogens is 2. The number of aliphatic hydroxyl groups is 1. The molecule has 22 heavy (non-hydrogen) atoms. The fourth-order valence-electron chi connectivity index (χ4n) is 2.24. The fraction of sp³-hybridized carbons (Fsp3) is 0.118. The first-order chi connectivity index (χ1) is 10.7. The van der Waals surface area contributed by atoms with Gasteiger partial charge in [-0.2, -0.15) is 5.10 Å². The van der Waals surface area contributed by atoms with E-state index in [1.165, 1.54) is 0 Å². The van der Waals surface area contributed by atoms with E-state index < -0.39 is 0 Å². The van der Waals surface area contributed by atoms with Crippen molar-refractivity contribution in [2.45, 2.75) is 13.2 Å². The van der Waals surface area contributed by atoms with E-state index in [1.807, 2.05) is 59.3 Å². The van der Waals surface area contributed by atoms with Crippen LogP contribution in [0.2, 0.25) is 5.02 Å². The highest BCUT2D eigenvalue weighted by molar-refractivity contribution is 9.10. The van der Waals surface area contributed by atoms with Gasteiger partial charge in [-0.3, -0.25) is 4.68 Å². The van der Waals surface area contributed by atoms with Gasteiger partial charge in [-0.25, -0.2) is 0 Å². The van der Waals surface area contributed by atoms with Crippen LogP contribution in [-0.4, -0.2) is 14.9 Å². The molecule has 0 atom stereocenters. The highest BCUT2D eigenvalue weighted by atomic mass is 79.9. The van der Waals surface area contributed by atoms with Gasteiger partial charge < -0.3 is 5.11 Å². The third-order valence-electron chi connectivity index (χ3n) is 3.41. The lowest BCUT2D eigenvalue weighted by Crippen LogP contribution is -2.06. The second-order valence-corrected chi connectivity index (χ2v) is 6.32. The molecule has 0 bridgehead atoms. The Kier molecular flexibility index (Phi) is 4.62. The molecule has 0 spiro atoms. The molecule has 0 fully saturated rings. The van der Waals surface area contributed by atoms with Crippen molar-refractivity contribution in [1.82, 2.24) is 9.78 Å². The van der Waals surface area contributed by atoms with E-state index in [-0.39, 0.29) is 6.61 Å². The summed E-state index contributed by atoms with van der Waals surface area (Å²) < 4.78 is 2.85. The Morgan fingerprint density at radius 1 is 1.05 bits per heavy atom. The monoisotopic (exact) mass is 376 g/mol. The number of benzene rings is 2. The first-order valence-electron chi connectivity index (χ1n) is 6.83. The minimum Gasteiger partial charge on any atom is -0.390 e. The molecule has 0 radical (unpaired) electrons. The van der Waals surface area contributed by atoms with E-state index in [0.717, 1.165) is 27.0 Å². The van der Waals surface area contributed by atoms with Gasteiger partial charge in [0.25, 0.3) is 0 Å². The average molecular weight is 378 g/mol. The summed E-state index contributed by atoms with van der Waals surface area (Å²) in [4.78, 5) is 0. The summed E-state index contributed by atoms with van der Waals surface area (Å²) in [5, 5.41) is 14.9. The van der Waals surface area contributed by atoms with Gasteiger partial charge in [0.1, 0.15) is 0 Å². The third kappa shape index (κ3) is 3.40. The van der Waals surface area contributed by atoms with Gasteiger partial charge in [-0.05, 0) is 35.9 Å². The third-order valence-corrected chi connectivity index (χ3v) is 4.19. The lowest BCUT2D eigenvalue weighted by molar-refractivity contribution is 0.269. The van der Waals surface area contributed by atoms with E-state index in [9.17, 15) is 5.11 Å². The van der Waals surface area contributed by atoms with E-state index in [1.54, 1.807) is 0 Å². The summed E-state index contributed by atoms with van der Waals surface area (Å²) in [5.41, 5.74) is 3.75. The second-order valence-electron chi connectivity index (χ2n) is 4.97. The molecule has 1 aromatic heterocycles. The SMILES string of the molecule is OCc1cc(-c2ccc(Br)cc2)nn1Cc1ccc(Cl)cc1. The van der Waals surface area contributed by atoms with Gasteiger partial charge >= 0.3 is 0 Å².